The van der Waals surface area contributed by atoms with Crippen LogP contribution < -0.4 is 5.32 Å². The highest BCUT2D eigenvalue weighted by molar-refractivity contribution is 5.78. The lowest BCUT2D eigenvalue weighted by Gasteiger charge is -2.46. The van der Waals surface area contributed by atoms with E-state index in [1.165, 1.54) is 24.8 Å². The van der Waals surface area contributed by atoms with Crippen LogP contribution in [-0.2, 0) is 22.6 Å². The van der Waals surface area contributed by atoms with Gasteiger partial charge >= 0.3 is 0 Å². The predicted octanol–water partition coefficient (Wildman–Crippen LogP) is 4.17. The van der Waals surface area contributed by atoms with E-state index in [0.717, 1.165) is 49.4 Å². The van der Waals surface area contributed by atoms with Gasteiger partial charge in [-0.3, -0.25) is 14.5 Å². The van der Waals surface area contributed by atoms with Gasteiger partial charge in [-0.05, 0) is 45.1 Å². The molecule has 4 rings (SSSR count). The average molecular weight is 481 g/mol. The van der Waals surface area contributed by atoms with Crippen molar-refractivity contribution in [2.24, 2.45) is 0 Å². The summed E-state index contributed by atoms with van der Waals surface area (Å²) in [5.74, 6) is 1.02. The third-order valence-corrected chi connectivity index (χ3v) is 7.84. The van der Waals surface area contributed by atoms with Crippen LogP contribution in [0.1, 0.15) is 73.9 Å². The normalized spacial score (nSPS) is 19.8. The third kappa shape index (κ3) is 6.51. The maximum Gasteiger partial charge on any atom is 0.222 e. The largest absolute Gasteiger partial charge is 0.361 e. The number of aryl methyl sites for hydroxylation is 2. The molecular formula is C28H40N4O3. The summed E-state index contributed by atoms with van der Waals surface area (Å²) < 4.78 is 5.25. The summed E-state index contributed by atoms with van der Waals surface area (Å²) >= 11 is 0. The molecule has 1 aliphatic heterocycles. The Balaban J connectivity index is 1.47. The Hall–Kier alpha value is -2.67. The molecule has 1 N–H and O–H groups in total. The summed E-state index contributed by atoms with van der Waals surface area (Å²) in [7, 11) is 0. The minimum Gasteiger partial charge on any atom is -0.361 e. The summed E-state index contributed by atoms with van der Waals surface area (Å²) in [5, 5.41) is 7.13. The van der Waals surface area contributed by atoms with E-state index in [1.807, 2.05) is 24.8 Å². The number of carbonyl (C=O) groups excluding carboxylic acids is 2. The molecule has 2 heterocycles. The van der Waals surface area contributed by atoms with Crippen LogP contribution in [0.25, 0.3) is 0 Å². The number of aromatic nitrogens is 1. The Kier molecular flexibility index (Phi) is 8.60. The smallest absolute Gasteiger partial charge is 0.222 e. The second-order valence-electron chi connectivity index (χ2n) is 10.3. The zero-order chi connectivity index (χ0) is 24.7. The molecule has 7 nitrogen and oxygen atoms in total. The summed E-state index contributed by atoms with van der Waals surface area (Å²) in [6.07, 6.45) is 8.21. The molecule has 1 aliphatic carbocycles. The molecule has 1 saturated heterocycles. The molecule has 0 atom stereocenters. The van der Waals surface area contributed by atoms with Crippen LogP contribution in [0.3, 0.4) is 0 Å². The molecule has 2 aliphatic rings. The fourth-order valence-electron chi connectivity index (χ4n) is 5.86. The number of hydrogen-bond acceptors (Lipinski definition) is 5. The van der Waals surface area contributed by atoms with Gasteiger partial charge in [0.15, 0.2) is 0 Å². The maximum atomic E-state index is 13.2. The number of hydrogen-bond donors (Lipinski definition) is 1. The van der Waals surface area contributed by atoms with Crippen LogP contribution in [0.2, 0.25) is 0 Å². The van der Waals surface area contributed by atoms with Crippen molar-refractivity contribution in [3.05, 3.63) is 52.9 Å². The van der Waals surface area contributed by atoms with Gasteiger partial charge in [-0.25, -0.2) is 0 Å². The lowest BCUT2D eigenvalue weighted by molar-refractivity contribution is -0.131. The van der Waals surface area contributed by atoms with E-state index in [0.29, 0.717) is 38.9 Å². The highest BCUT2D eigenvalue weighted by Crippen LogP contribution is 2.38. The third-order valence-electron chi connectivity index (χ3n) is 7.84. The van der Waals surface area contributed by atoms with Crippen molar-refractivity contribution < 1.29 is 14.1 Å². The number of nitrogens with zero attached hydrogens (tertiary/aromatic N) is 3. The van der Waals surface area contributed by atoms with Gasteiger partial charge in [-0.1, -0.05) is 54.8 Å². The van der Waals surface area contributed by atoms with Crippen molar-refractivity contribution in [3.8, 4) is 0 Å². The van der Waals surface area contributed by atoms with Crippen LogP contribution in [0, 0.1) is 13.8 Å². The number of nitrogens with one attached hydrogen (secondary N) is 1. The quantitative estimate of drug-likeness (QED) is 0.695. The summed E-state index contributed by atoms with van der Waals surface area (Å²) in [5.41, 5.74) is 3.06. The number of carbonyl (C=O) groups is 2. The minimum absolute atomic E-state index is 0.0965. The van der Waals surface area contributed by atoms with Crippen molar-refractivity contribution in [2.45, 2.75) is 83.7 Å². The molecule has 2 amide bonds. The molecule has 35 heavy (non-hydrogen) atoms. The number of amides is 2. The fourth-order valence-corrected chi connectivity index (χ4v) is 5.86. The van der Waals surface area contributed by atoms with E-state index in [1.54, 1.807) is 0 Å². The second kappa shape index (κ2) is 11.8. The summed E-state index contributed by atoms with van der Waals surface area (Å²) in [6.45, 7) is 7.30. The molecule has 0 bridgehead atoms. The maximum absolute atomic E-state index is 13.2. The lowest BCUT2D eigenvalue weighted by atomic mass is 9.77. The minimum atomic E-state index is -0.0965. The molecule has 0 radical (unpaired) electrons. The summed E-state index contributed by atoms with van der Waals surface area (Å²) in [4.78, 5) is 30.7. The van der Waals surface area contributed by atoms with Gasteiger partial charge in [0.25, 0.3) is 0 Å². The molecule has 2 aromatic rings. The van der Waals surface area contributed by atoms with E-state index in [9.17, 15) is 9.59 Å². The lowest BCUT2D eigenvalue weighted by Crippen LogP contribution is -2.52. The highest BCUT2D eigenvalue weighted by atomic mass is 16.5. The molecule has 0 unspecified atom stereocenters. The van der Waals surface area contributed by atoms with Crippen molar-refractivity contribution in [1.82, 2.24) is 20.3 Å². The molecule has 1 aromatic heterocycles. The molecule has 2 fully saturated rings. The predicted molar refractivity (Wildman–Crippen MR) is 136 cm³/mol. The Morgan fingerprint density at radius 2 is 1.83 bits per heavy atom. The molecule has 1 saturated carbocycles. The van der Waals surface area contributed by atoms with Crippen molar-refractivity contribution in [1.29, 1.82) is 0 Å². The topological polar surface area (TPSA) is 78.7 Å². The van der Waals surface area contributed by atoms with Gasteiger partial charge in [0.2, 0.25) is 11.8 Å². The van der Waals surface area contributed by atoms with Gasteiger partial charge in [0.1, 0.15) is 5.76 Å². The fraction of sp³-hybridized carbons (Fsp3) is 0.607. The van der Waals surface area contributed by atoms with Crippen LogP contribution in [0.15, 0.2) is 34.9 Å². The number of benzene rings is 1. The first-order valence-corrected chi connectivity index (χ1v) is 13.2. The SMILES string of the molecule is Cc1noc(C)c1CCC(=O)N1CCCN(Cc2ccccc2)C2(CCCCC2)CC(=O)NCC1. The Morgan fingerprint density at radius 3 is 2.54 bits per heavy atom. The zero-order valence-electron chi connectivity index (χ0n) is 21.4. The Labute approximate surface area is 209 Å². The van der Waals surface area contributed by atoms with Crippen LogP contribution in [-0.4, -0.2) is 58.5 Å². The second-order valence-corrected chi connectivity index (χ2v) is 10.3. The molecule has 190 valence electrons. The summed E-state index contributed by atoms with van der Waals surface area (Å²) in [6, 6.07) is 10.6. The molecule has 1 spiro atoms. The molecular weight excluding hydrogens is 440 g/mol. The van der Waals surface area contributed by atoms with E-state index < -0.39 is 0 Å². The molecule has 7 heteroatoms. The average Bonchev–Trinajstić information content (AvgIpc) is 3.17. The molecule has 1 aromatic carbocycles. The van der Waals surface area contributed by atoms with Gasteiger partial charge in [0, 0.05) is 56.7 Å². The van der Waals surface area contributed by atoms with E-state index in [-0.39, 0.29) is 17.4 Å². The van der Waals surface area contributed by atoms with E-state index in [4.69, 9.17) is 4.52 Å². The van der Waals surface area contributed by atoms with Crippen molar-refractivity contribution in [3.63, 3.8) is 0 Å². The van der Waals surface area contributed by atoms with Gasteiger partial charge in [-0.2, -0.15) is 0 Å². The zero-order valence-corrected chi connectivity index (χ0v) is 21.4. The first-order chi connectivity index (χ1) is 17.0. The van der Waals surface area contributed by atoms with E-state index >= 15 is 0 Å². The van der Waals surface area contributed by atoms with Gasteiger partial charge in [0.05, 0.1) is 5.69 Å². The van der Waals surface area contributed by atoms with Gasteiger partial charge < -0.3 is 14.7 Å². The number of rotatable bonds is 5. The van der Waals surface area contributed by atoms with E-state index in [2.05, 4.69) is 39.6 Å². The highest BCUT2D eigenvalue weighted by Gasteiger charge is 2.40. The first kappa shape index (κ1) is 25.4. The van der Waals surface area contributed by atoms with Crippen LogP contribution in [0.5, 0.6) is 0 Å². The van der Waals surface area contributed by atoms with Crippen LogP contribution in [0.4, 0.5) is 0 Å². The van der Waals surface area contributed by atoms with Crippen LogP contribution >= 0.6 is 0 Å². The van der Waals surface area contributed by atoms with Crippen molar-refractivity contribution >= 4 is 11.8 Å². The van der Waals surface area contributed by atoms with Gasteiger partial charge in [-0.15, -0.1) is 0 Å². The monoisotopic (exact) mass is 480 g/mol. The van der Waals surface area contributed by atoms with Crippen molar-refractivity contribution in [2.75, 3.05) is 26.2 Å². The standard InChI is InChI=1S/C28H40N4O3/c1-22-25(23(2)35-30-22)12-13-27(34)31-17-9-18-32(21-24-10-5-3-6-11-24)28(14-7-4-8-15-28)20-26(33)29-16-19-31/h3,5-6,10-11H,4,7-9,12-21H2,1-2H3,(H,29,33). The Morgan fingerprint density at radius 1 is 1.06 bits per heavy atom. The first-order valence-electron chi connectivity index (χ1n) is 13.2. The Bertz CT molecular complexity index is 962.